The first-order valence-electron chi connectivity index (χ1n) is 7.60. The molecule has 1 aliphatic heterocycles. The van der Waals surface area contributed by atoms with Gasteiger partial charge in [-0.05, 0) is 32.4 Å². The van der Waals surface area contributed by atoms with Gasteiger partial charge in [-0.1, -0.05) is 48.0 Å². The summed E-state index contributed by atoms with van der Waals surface area (Å²) in [5, 5.41) is 3.70. The number of rotatable bonds is 3. The zero-order chi connectivity index (χ0) is 14.9. The van der Waals surface area contributed by atoms with Crippen molar-refractivity contribution < 1.29 is 4.74 Å². The SMILES string of the molecule is Cc1ccc2c(c1)C(NCc1ccccc1)CC(C)(C)O2. The first-order valence-corrected chi connectivity index (χ1v) is 7.60. The van der Waals surface area contributed by atoms with Gasteiger partial charge in [0.05, 0.1) is 0 Å². The van der Waals surface area contributed by atoms with Gasteiger partial charge in [0.2, 0.25) is 0 Å². The Morgan fingerprint density at radius 3 is 2.67 bits per heavy atom. The van der Waals surface area contributed by atoms with Crippen LogP contribution in [0.4, 0.5) is 0 Å². The van der Waals surface area contributed by atoms with E-state index in [0.717, 1.165) is 18.7 Å². The van der Waals surface area contributed by atoms with Gasteiger partial charge in [0, 0.05) is 24.6 Å². The lowest BCUT2D eigenvalue weighted by molar-refractivity contribution is 0.0657. The zero-order valence-electron chi connectivity index (χ0n) is 13.0. The lowest BCUT2D eigenvalue weighted by Gasteiger charge is -2.38. The molecule has 0 aliphatic carbocycles. The number of nitrogens with one attached hydrogen (secondary N) is 1. The number of hydrogen-bond donors (Lipinski definition) is 1. The molecule has 2 nitrogen and oxygen atoms in total. The molecule has 0 spiro atoms. The van der Waals surface area contributed by atoms with Crippen LogP contribution in [0.3, 0.4) is 0 Å². The van der Waals surface area contributed by atoms with Crippen molar-refractivity contribution in [2.24, 2.45) is 0 Å². The summed E-state index contributed by atoms with van der Waals surface area (Å²) in [6, 6.07) is 17.4. The minimum atomic E-state index is -0.128. The number of aryl methyl sites for hydroxylation is 1. The van der Waals surface area contributed by atoms with E-state index in [1.165, 1.54) is 16.7 Å². The van der Waals surface area contributed by atoms with Crippen LogP contribution in [0.15, 0.2) is 48.5 Å². The summed E-state index contributed by atoms with van der Waals surface area (Å²) in [5.74, 6) is 1.02. The predicted molar refractivity (Wildman–Crippen MR) is 86.5 cm³/mol. The number of benzene rings is 2. The average molecular weight is 281 g/mol. The van der Waals surface area contributed by atoms with Crippen LogP contribution < -0.4 is 10.1 Å². The molecule has 0 saturated carbocycles. The van der Waals surface area contributed by atoms with Gasteiger partial charge in [-0.15, -0.1) is 0 Å². The topological polar surface area (TPSA) is 21.3 Å². The number of fused-ring (bicyclic) bond motifs is 1. The fourth-order valence-electron chi connectivity index (χ4n) is 2.99. The Balaban J connectivity index is 1.82. The first kappa shape index (κ1) is 14.2. The fourth-order valence-corrected chi connectivity index (χ4v) is 2.99. The van der Waals surface area contributed by atoms with E-state index in [0.29, 0.717) is 6.04 Å². The van der Waals surface area contributed by atoms with Crippen LogP contribution in [-0.4, -0.2) is 5.60 Å². The minimum Gasteiger partial charge on any atom is -0.487 e. The molecule has 0 saturated heterocycles. The van der Waals surface area contributed by atoms with Gasteiger partial charge >= 0.3 is 0 Å². The van der Waals surface area contributed by atoms with Crippen molar-refractivity contribution in [2.75, 3.05) is 0 Å². The molecule has 1 N–H and O–H groups in total. The van der Waals surface area contributed by atoms with Gasteiger partial charge < -0.3 is 10.1 Å². The van der Waals surface area contributed by atoms with E-state index < -0.39 is 0 Å². The van der Waals surface area contributed by atoms with Crippen LogP contribution in [0.5, 0.6) is 5.75 Å². The maximum atomic E-state index is 6.12. The van der Waals surface area contributed by atoms with E-state index in [4.69, 9.17) is 4.74 Å². The van der Waals surface area contributed by atoms with Gasteiger partial charge in [0.25, 0.3) is 0 Å². The third-order valence-corrected chi connectivity index (χ3v) is 4.02. The molecule has 1 aliphatic rings. The van der Waals surface area contributed by atoms with Crippen molar-refractivity contribution in [3.63, 3.8) is 0 Å². The van der Waals surface area contributed by atoms with Gasteiger partial charge in [-0.25, -0.2) is 0 Å². The largest absolute Gasteiger partial charge is 0.487 e. The fraction of sp³-hybridized carbons (Fsp3) is 0.368. The summed E-state index contributed by atoms with van der Waals surface area (Å²) < 4.78 is 6.12. The molecule has 0 fully saturated rings. The van der Waals surface area contributed by atoms with Crippen molar-refractivity contribution in [1.82, 2.24) is 5.32 Å². The Morgan fingerprint density at radius 2 is 1.90 bits per heavy atom. The van der Waals surface area contributed by atoms with E-state index in [2.05, 4.69) is 74.6 Å². The van der Waals surface area contributed by atoms with Crippen LogP contribution in [0, 0.1) is 6.92 Å². The molecule has 1 unspecified atom stereocenters. The standard InChI is InChI=1S/C19H23NO/c1-14-9-10-18-16(11-14)17(12-19(2,3)21-18)20-13-15-7-5-4-6-8-15/h4-11,17,20H,12-13H2,1-3H3. The molecule has 21 heavy (non-hydrogen) atoms. The Bertz CT molecular complexity index is 619. The maximum absolute atomic E-state index is 6.12. The molecule has 0 aromatic heterocycles. The lowest BCUT2D eigenvalue weighted by atomic mass is 9.89. The number of hydrogen-bond acceptors (Lipinski definition) is 2. The van der Waals surface area contributed by atoms with Gasteiger partial charge in [-0.2, -0.15) is 0 Å². The highest BCUT2D eigenvalue weighted by atomic mass is 16.5. The van der Waals surface area contributed by atoms with Crippen LogP contribution in [0.2, 0.25) is 0 Å². The van der Waals surface area contributed by atoms with E-state index in [1.54, 1.807) is 0 Å². The van der Waals surface area contributed by atoms with Gasteiger partial charge in [0.15, 0.2) is 0 Å². The van der Waals surface area contributed by atoms with Crippen LogP contribution in [0.1, 0.15) is 43.0 Å². The third-order valence-electron chi connectivity index (χ3n) is 4.02. The van der Waals surface area contributed by atoms with E-state index in [9.17, 15) is 0 Å². The second-order valence-electron chi connectivity index (χ2n) is 6.53. The molecular weight excluding hydrogens is 258 g/mol. The van der Waals surface area contributed by atoms with Crippen molar-refractivity contribution >= 4 is 0 Å². The molecule has 1 atom stereocenters. The molecule has 2 heteroatoms. The van der Waals surface area contributed by atoms with Crippen molar-refractivity contribution in [2.45, 2.75) is 45.4 Å². The molecule has 1 heterocycles. The summed E-state index contributed by atoms with van der Waals surface area (Å²) >= 11 is 0. The zero-order valence-corrected chi connectivity index (χ0v) is 13.0. The maximum Gasteiger partial charge on any atom is 0.124 e. The quantitative estimate of drug-likeness (QED) is 0.901. The summed E-state index contributed by atoms with van der Waals surface area (Å²) in [6.45, 7) is 7.34. The predicted octanol–water partition coefficient (Wildman–Crippen LogP) is 4.39. The second kappa shape index (κ2) is 5.53. The van der Waals surface area contributed by atoms with Gasteiger partial charge in [0.1, 0.15) is 11.4 Å². The average Bonchev–Trinajstić information content (AvgIpc) is 2.46. The molecule has 0 bridgehead atoms. The Morgan fingerprint density at radius 1 is 1.14 bits per heavy atom. The van der Waals surface area contributed by atoms with E-state index in [1.807, 2.05) is 0 Å². The molecule has 3 rings (SSSR count). The lowest BCUT2D eigenvalue weighted by Crippen LogP contribution is -2.39. The molecule has 110 valence electrons. The molecule has 2 aromatic rings. The summed E-state index contributed by atoms with van der Waals surface area (Å²) in [5.41, 5.74) is 3.75. The third kappa shape index (κ3) is 3.27. The van der Waals surface area contributed by atoms with Crippen molar-refractivity contribution in [1.29, 1.82) is 0 Å². The minimum absolute atomic E-state index is 0.128. The summed E-state index contributed by atoms with van der Waals surface area (Å²) in [6.07, 6.45) is 0.982. The molecule has 2 aromatic carbocycles. The smallest absolute Gasteiger partial charge is 0.124 e. The van der Waals surface area contributed by atoms with E-state index >= 15 is 0 Å². The van der Waals surface area contributed by atoms with Crippen molar-refractivity contribution in [3.8, 4) is 5.75 Å². The monoisotopic (exact) mass is 281 g/mol. The highest BCUT2D eigenvalue weighted by molar-refractivity contribution is 5.41. The highest BCUT2D eigenvalue weighted by Gasteiger charge is 2.33. The first-order chi connectivity index (χ1) is 10.0. The van der Waals surface area contributed by atoms with Crippen LogP contribution in [0.25, 0.3) is 0 Å². The Hall–Kier alpha value is -1.80. The van der Waals surface area contributed by atoms with Crippen LogP contribution in [-0.2, 0) is 6.54 Å². The molecule has 0 amide bonds. The number of ether oxygens (including phenoxy) is 1. The Labute approximate surface area is 127 Å². The molecule has 0 radical (unpaired) electrons. The highest BCUT2D eigenvalue weighted by Crippen LogP contribution is 2.39. The Kier molecular flexibility index (Phi) is 3.73. The van der Waals surface area contributed by atoms with Crippen LogP contribution >= 0.6 is 0 Å². The van der Waals surface area contributed by atoms with E-state index in [-0.39, 0.29) is 5.60 Å². The summed E-state index contributed by atoms with van der Waals surface area (Å²) in [7, 11) is 0. The second-order valence-corrected chi connectivity index (χ2v) is 6.53. The molecular formula is C19H23NO. The van der Waals surface area contributed by atoms with Crippen molar-refractivity contribution in [3.05, 3.63) is 65.2 Å². The van der Waals surface area contributed by atoms with Gasteiger partial charge in [-0.3, -0.25) is 0 Å². The summed E-state index contributed by atoms with van der Waals surface area (Å²) in [4.78, 5) is 0. The normalized spacial score (nSPS) is 19.7.